The van der Waals surface area contributed by atoms with E-state index in [0.29, 0.717) is 0 Å². The lowest BCUT2D eigenvalue weighted by atomic mass is 10.1. The largest absolute Gasteiger partial charge is 0.416 e. The van der Waals surface area contributed by atoms with Crippen molar-refractivity contribution in [2.75, 3.05) is 0 Å². The van der Waals surface area contributed by atoms with E-state index in [0.717, 1.165) is 37.0 Å². The molecular weight excluding hydrogens is 237 g/mol. The van der Waals surface area contributed by atoms with Gasteiger partial charge in [0.1, 0.15) is 0 Å². The molecule has 0 spiro atoms. The van der Waals surface area contributed by atoms with Crippen molar-refractivity contribution in [3.63, 3.8) is 0 Å². The van der Waals surface area contributed by atoms with E-state index in [1.807, 2.05) is 27.7 Å². The molecule has 0 bridgehead atoms. The molecule has 0 nitrogen and oxygen atoms in total. The van der Waals surface area contributed by atoms with Crippen LogP contribution in [0.25, 0.3) is 0 Å². The fraction of sp³-hybridized carbons (Fsp3) is 0.600. The number of alkyl halides is 3. The van der Waals surface area contributed by atoms with E-state index in [2.05, 4.69) is 6.92 Å². The van der Waals surface area contributed by atoms with Gasteiger partial charge in [-0.15, -0.1) is 0 Å². The molecule has 0 aromatic heterocycles. The van der Waals surface area contributed by atoms with Crippen molar-refractivity contribution in [2.45, 2.75) is 60.1 Å². The first kappa shape index (κ1) is 19.4. The van der Waals surface area contributed by atoms with Crippen molar-refractivity contribution in [1.29, 1.82) is 0 Å². The highest BCUT2D eigenvalue weighted by atomic mass is 19.4. The summed E-state index contributed by atoms with van der Waals surface area (Å²) in [6.45, 7) is 10.1. The van der Waals surface area contributed by atoms with Crippen LogP contribution in [0.2, 0.25) is 0 Å². The van der Waals surface area contributed by atoms with E-state index in [4.69, 9.17) is 0 Å². The molecule has 1 rings (SSSR count). The molecule has 0 fully saturated rings. The Hall–Kier alpha value is -0.990. The zero-order chi connectivity index (χ0) is 14.6. The number of benzene rings is 1. The number of hydrogen-bond donors (Lipinski definition) is 0. The number of aryl methyl sites for hydroxylation is 1. The lowest BCUT2D eigenvalue weighted by Crippen LogP contribution is -2.04. The van der Waals surface area contributed by atoms with Crippen LogP contribution in [0.3, 0.4) is 0 Å². The molecule has 0 aliphatic carbocycles. The molecule has 18 heavy (non-hydrogen) atoms. The van der Waals surface area contributed by atoms with Crippen LogP contribution in [0.5, 0.6) is 0 Å². The lowest BCUT2D eigenvalue weighted by molar-refractivity contribution is -0.137. The van der Waals surface area contributed by atoms with Crippen LogP contribution in [0.1, 0.15) is 58.6 Å². The van der Waals surface area contributed by atoms with Gasteiger partial charge in [-0.2, -0.15) is 13.2 Å². The van der Waals surface area contributed by atoms with Gasteiger partial charge >= 0.3 is 6.18 Å². The highest BCUT2D eigenvalue weighted by Crippen LogP contribution is 2.29. The van der Waals surface area contributed by atoms with Crippen molar-refractivity contribution in [3.8, 4) is 0 Å². The topological polar surface area (TPSA) is 0 Å². The molecule has 0 atom stereocenters. The van der Waals surface area contributed by atoms with Crippen molar-refractivity contribution >= 4 is 0 Å². The molecule has 1 aromatic rings. The van der Waals surface area contributed by atoms with E-state index < -0.39 is 11.7 Å². The summed E-state index contributed by atoms with van der Waals surface area (Å²) >= 11 is 0. The second-order valence-electron chi connectivity index (χ2n) is 3.30. The highest BCUT2D eigenvalue weighted by Gasteiger charge is 2.29. The van der Waals surface area contributed by atoms with E-state index >= 15 is 0 Å². The van der Waals surface area contributed by atoms with Gasteiger partial charge in [0, 0.05) is 0 Å². The Labute approximate surface area is 109 Å². The summed E-state index contributed by atoms with van der Waals surface area (Å²) in [7, 11) is 0. The fourth-order valence-electron chi connectivity index (χ4n) is 1.24. The van der Waals surface area contributed by atoms with Crippen LogP contribution in [0, 0.1) is 0 Å². The number of halogens is 3. The Bertz CT molecular complexity index is 273. The molecule has 0 saturated heterocycles. The van der Waals surface area contributed by atoms with E-state index in [1.54, 1.807) is 12.1 Å². The quantitative estimate of drug-likeness (QED) is 0.617. The minimum absolute atomic E-state index is 0.572. The number of hydrogen-bond acceptors (Lipinski definition) is 0. The Kier molecular flexibility index (Phi) is 12.0. The Morgan fingerprint density at radius 2 is 1.33 bits per heavy atom. The van der Waals surface area contributed by atoms with Crippen molar-refractivity contribution in [1.82, 2.24) is 0 Å². The molecule has 0 radical (unpaired) electrons. The number of rotatable bonds is 3. The normalized spacial score (nSPS) is 9.78. The zero-order valence-corrected chi connectivity index (χ0v) is 12.1. The minimum Gasteiger partial charge on any atom is -0.166 e. The fourth-order valence-corrected chi connectivity index (χ4v) is 1.24. The second-order valence-corrected chi connectivity index (χ2v) is 3.30. The lowest BCUT2D eigenvalue weighted by Gasteiger charge is -2.07. The van der Waals surface area contributed by atoms with Crippen LogP contribution in [0.15, 0.2) is 24.3 Å². The van der Waals surface area contributed by atoms with Gasteiger partial charge < -0.3 is 0 Å². The van der Waals surface area contributed by atoms with Crippen molar-refractivity contribution in [2.24, 2.45) is 0 Å². The van der Waals surface area contributed by atoms with Crippen LogP contribution < -0.4 is 0 Å². The average molecular weight is 262 g/mol. The van der Waals surface area contributed by atoms with Crippen LogP contribution in [-0.4, -0.2) is 0 Å². The van der Waals surface area contributed by atoms with E-state index in [1.165, 1.54) is 0 Å². The second kappa shape index (κ2) is 11.1. The van der Waals surface area contributed by atoms with Gasteiger partial charge in [0.05, 0.1) is 5.56 Å². The summed E-state index contributed by atoms with van der Waals surface area (Å²) in [5.41, 5.74) is 0.401. The smallest absolute Gasteiger partial charge is 0.166 e. The zero-order valence-electron chi connectivity index (χ0n) is 12.1. The summed E-state index contributed by atoms with van der Waals surface area (Å²) in [5, 5.41) is 0. The molecule has 0 heterocycles. The molecule has 0 N–H and O–H groups in total. The predicted molar refractivity (Wildman–Crippen MR) is 72.8 cm³/mol. The van der Waals surface area contributed by atoms with Gasteiger partial charge in [0.25, 0.3) is 0 Å². The summed E-state index contributed by atoms with van der Waals surface area (Å²) < 4.78 is 36.5. The maximum atomic E-state index is 12.2. The van der Waals surface area contributed by atoms with Gasteiger partial charge in [-0.25, -0.2) is 0 Å². The first-order chi connectivity index (χ1) is 8.54. The monoisotopic (exact) mass is 262 g/mol. The molecule has 0 aliphatic heterocycles. The van der Waals surface area contributed by atoms with Gasteiger partial charge in [-0.05, 0) is 30.5 Å². The van der Waals surface area contributed by atoms with Crippen LogP contribution in [-0.2, 0) is 12.6 Å². The summed E-state index contributed by atoms with van der Waals surface area (Å²) in [6, 6.07) is 5.40. The van der Waals surface area contributed by atoms with E-state index in [9.17, 15) is 13.2 Å². The first-order valence-electron chi connectivity index (χ1n) is 6.70. The third kappa shape index (κ3) is 8.15. The maximum Gasteiger partial charge on any atom is 0.416 e. The molecule has 1 aromatic carbocycles. The third-order valence-corrected chi connectivity index (χ3v) is 2.10. The average Bonchev–Trinajstić information content (AvgIpc) is 2.40. The minimum atomic E-state index is -4.22. The standard InChI is InChI=1S/C11H13F3.2C2H6/c1-2-3-4-9-5-7-10(8-6-9)11(12,13)14;2*1-2/h5-8H,2-4H2,1H3;2*1-2H3. The van der Waals surface area contributed by atoms with Crippen LogP contribution >= 0.6 is 0 Å². The molecule has 0 aliphatic rings. The maximum absolute atomic E-state index is 12.2. The summed E-state index contributed by atoms with van der Waals surface area (Å²) in [6.07, 6.45) is -1.29. The molecule has 0 saturated carbocycles. The number of unbranched alkanes of at least 4 members (excludes halogenated alkanes) is 1. The van der Waals surface area contributed by atoms with Gasteiger partial charge in [-0.1, -0.05) is 53.2 Å². The Morgan fingerprint density at radius 1 is 0.889 bits per heavy atom. The molecule has 0 amide bonds. The third-order valence-electron chi connectivity index (χ3n) is 2.10. The van der Waals surface area contributed by atoms with Gasteiger partial charge in [0.15, 0.2) is 0 Å². The molecule has 0 unspecified atom stereocenters. The van der Waals surface area contributed by atoms with E-state index in [-0.39, 0.29) is 0 Å². The van der Waals surface area contributed by atoms with Crippen molar-refractivity contribution in [3.05, 3.63) is 35.4 Å². The Morgan fingerprint density at radius 3 is 1.67 bits per heavy atom. The molecule has 3 heteroatoms. The summed E-state index contributed by atoms with van der Waals surface area (Å²) in [4.78, 5) is 0. The van der Waals surface area contributed by atoms with Gasteiger partial charge in [-0.3, -0.25) is 0 Å². The van der Waals surface area contributed by atoms with Crippen molar-refractivity contribution < 1.29 is 13.2 Å². The molecule has 106 valence electrons. The SMILES string of the molecule is CC.CC.CCCCc1ccc(C(F)(F)F)cc1. The van der Waals surface area contributed by atoms with Crippen LogP contribution in [0.4, 0.5) is 13.2 Å². The highest BCUT2D eigenvalue weighted by molar-refractivity contribution is 5.24. The predicted octanol–water partition coefficient (Wildman–Crippen LogP) is 6.10. The first-order valence-corrected chi connectivity index (χ1v) is 6.70. The Balaban J connectivity index is 0. The van der Waals surface area contributed by atoms with Gasteiger partial charge in [0.2, 0.25) is 0 Å². The summed E-state index contributed by atoms with van der Waals surface area (Å²) in [5.74, 6) is 0. The molecular formula is C15H25F3.